The van der Waals surface area contributed by atoms with Crippen LogP contribution in [0.2, 0.25) is 0 Å². The van der Waals surface area contributed by atoms with Crippen LogP contribution in [0.15, 0.2) is 34.8 Å². The van der Waals surface area contributed by atoms with E-state index in [0.29, 0.717) is 22.4 Å². The van der Waals surface area contributed by atoms with Gasteiger partial charge in [0.25, 0.3) is 0 Å². The summed E-state index contributed by atoms with van der Waals surface area (Å²) in [6.07, 6.45) is 0. The van der Waals surface area contributed by atoms with E-state index in [1.807, 2.05) is 13.8 Å². The minimum absolute atomic E-state index is 0.0486. The SMILES string of the molecule is CC(=NC(C)C)C1=C(O)c2ccccc2C1=O. The summed E-state index contributed by atoms with van der Waals surface area (Å²) in [7, 11) is 0. The molecule has 1 aliphatic carbocycles. The van der Waals surface area contributed by atoms with Crippen molar-refractivity contribution in [1.82, 2.24) is 0 Å². The second-order valence-electron chi connectivity index (χ2n) is 4.41. The van der Waals surface area contributed by atoms with Gasteiger partial charge in [0.2, 0.25) is 0 Å². The van der Waals surface area contributed by atoms with Crippen LogP contribution in [0.3, 0.4) is 0 Å². The lowest BCUT2D eigenvalue weighted by Crippen LogP contribution is -2.09. The molecule has 0 fully saturated rings. The van der Waals surface area contributed by atoms with E-state index in [1.165, 1.54) is 0 Å². The lowest BCUT2D eigenvalue weighted by molar-refractivity contribution is 0.104. The van der Waals surface area contributed by atoms with Crippen LogP contribution in [-0.4, -0.2) is 22.6 Å². The predicted octanol–water partition coefficient (Wildman–Crippen LogP) is 3.02. The first kappa shape index (κ1) is 11.6. The number of aliphatic hydroxyl groups is 1. The molecule has 0 atom stereocenters. The Morgan fingerprint density at radius 3 is 2.35 bits per heavy atom. The topological polar surface area (TPSA) is 49.7 Å². The number of allylic oxidation sites excluding steroid dienone is 1. The number of benzene rings is 1. The molecule has 0 radical (unpaired) electrons. The number of fused-ring (bicyclic) bond motifs is 1. The summed E-state index contributed by atoms with van der Waals surface area (Å²) in [5.41, 5.74) is 2.09. The van der Waals surface area contributed by atoms with E-state index >= 15 is 0 Å². The van der Waals surface area contributed by atoms with Crippen molar-refractivity contribution in [3.63, 3.8) is 0 Å². The predicted molar refractivity (Wildman–Crippen MR) is 68.6 cm³/mol. The number of rotatable bonds is 2. The van der Waals surface area contributed by atoms with Crippen molar-refractivity contribution in [2.24, 2.45) is 4.99 Å². The highest BCUT2D eigenvalue weighted by molar-refractivity contribution is 6.35. The molecular formula is C14H15NO2. The fourth-order valence-corrected chi connectivity index (χ4v) is 2.05. The van der Waals surface area contributed by atoms with E-state index in [0.717, 1.165) is 0 Å². The zero-order valence-electron chi connectivity index (χ0n) is 10.2. The van der Waals surface area contributed by atoms with Crippen molar-refractivity contribution in [1.29, 1.82) is 0 Å². The molecule has 0 saturated carbocycles. The molecule has 0 saturated heterocycles. The molecule has 0 spiro atoms. The lowest BCUT2D eigenvalue weighted by Gasteiger charge is -2.03. The third-order valence-corrected chi connectivity index (χ3v) is 2.70. The average molecular weight is 229 g/mol. The van der Waals surface area contributed by atoms with Crippen molar-refractivity contribution in [3.8, 4) is 0 Å². The van der Waals surface area contributed by atoms with Crippen LogP contribution in [0.5, 0.6) is 0 Å². The minimum atomic E-state index is -0.139. The van der Waals surface area contributed by atoms with Gasteiger partial charge in [-0.2, -0.15) is 0 Å². The Balaban J connectivity index is 2.53. The van der Waals surface area contributed by atoms with Crippen LogP contribution in [0, 0.1) is 0 Å². The quantitative estimate of drug-likeness (QED) is 0.792. The van der Waals surface area contributed by atoms with Crippen LogP contribution in [0.4, 0.5) is 0 Å². The standard InChI is InChI=1S/C14H15NO2/c1-8(2)15-9(3)12-13(16)10-6-4-5-7-11(10)14(12)17/h4-8,16H,1-3H3. The number of ketones is 1. The third kappa shape index (κ3) is 1.88. The highest BCUT2D eigenvalue weighted by atomic mass is 16.3. The Labute approximate surface area is 101 Å². The minimum Gasteiger partial charge on any atom is -0.506 e. The van der Waals surface area contributed by atoms with E-state index in [-0.39, 0.29) is 17.6 Å². The van der Waals surface area contributed by atoms with Crippen molar-refractivity contribution < 1.29 is 9.90 Å². The first-order chi connectivity index (χ1) is 8.02. The summed E-state index contributed by atoms with van der Waals surface area (Å²) in [6, 6.07) is 7.18. The molecule has 0 bridgehead atoms. The summed E-state index contributed by atoms with van der Waals surface area (Å²) >= 11 is 0. The van der Waals surface area contributed by atoms with Crippen molar-refractivity contribution in [3.05, 3.63) is 41.0 Å². The number of carbonyl (C=O) groups is 1. The normalized spacial score (nSPS) is 15.8. The molecule has 0 unspecified atom stereocenters. The number of nitrogens with zero attached hydrogens (tertiary/aromatic N) is 1. The summed E-state index contributed by atoms with van der Waals surface area (Å²) < 4.78 is 0. The molecule has 1 aliphatic rings. The summed E-state index contributed by atoms with van der Waals surface area (Å²) in [5, 5.41) is 10.1. The van der Waals surface area contributed by atoms with Gasteiger partial charge in [0.1, 0.15) is 5.76 Å². The van der Waals surface area contributed by atoms with Gasteiger partial charge in [-0.15, -0.1) is 0 Å². The Hall–Kier alpha value is -1.90. The van der Waals surface area contributed by atoms with Gasteiger partial charge < -0.3 is 5.11 Å². The number of aliphatic imine (C=N–C) groups is 1. The molecule has 0 heterocycles. The molecule has 2 rings (SSSR count). The second-order valence-corrected chi connectivity index (χ2v) is 4.41. The fraction of sp³-hybridized carbons (Fsp3) is 0.286. The molecule has 88 valence electrons. The Bertz CT molecular complexity index is 539. The molecule has 0 amide bonds. The highest BCUT2D eigenvalue weighted by Gasteiger charge is 2.30. The number of hydrogen-bond acceptors (Lipinski definition) is 3. The van der Waals surface area contributed by atoms with E-state index in [1.54, 1.807) is 31.2 Å². The molecule has 1 aromatic rings. The van der Waals surface area contributed by atoms with Crippen molar-refractivity contribution in [2.75, 3.05) is 0 Å². The zero-order valence-corrected chi connectivity index (χ0v) is 10.2. The number of carbonyl (C=O) groups excluding carboxylic acids is 1. The first-order valence-corrected chi connectivity index (χ1v) is 5.64. The molecule has 1 aromatic carbocycles. The Morgan fingerprint density at radius 1 is 1.24 bits per heavy atom. The van der Waals surface area contributed by atoms with Gasteiger partial charge in [-0.1, -0.05) is 24.3 Å². The maximum absolute atomic E-state index is 12.1. The number of Topliss-reactive ketones (excluding diaryl/α,β-unsaturated/α-hetero) is 1. The van der Waals surface area contributed by atoms with E-state index in [2.05, 4.69) is 4.99 Å². The molecule has 0 aliphatic heterocycles. The maximum atomic E-state index is 12.1. The van der Waals surface area contributed by atoms with Gasteiger partial charge in [0.05, 0.1) is 5.57 Å². The van der Waals surface area contributed by atoms with Crippen LogP contribution in [-0.2, 0) is 0 Å². The molecular weight excluding hydrogens is 214 g/mol. The van der Waals surface area contributed by atoms with E-state index in [9.17, 15) is 9.90 Å². The summed E-state index contributed by atoms with van der Waals surface area (Å²) in [5.74, 6) is -0.0903. The van der Waals surface area contributed by atoms with Gasteiger partial charge in [-0.3, -0.25) is 9.79 Å². The first-order valence-electron chi connectivity index (χ1n) is 5.64. The number of aliphatic hydroxyl groups excluding tert-OH is 1. The van der Waals surface area contributed by atoms with Gasteiger partial charge >= 0.3 is 0 Å². The summed E-state index contributed by atoms with van der Waals surface area (Å²) in [4.78, 5) is 16.5. The Kier molecular flexibility index (Phi) is 2.84. The monoisotopic (exact) mass is 229 g/mol. The van der Waals surface area contributed by atoms with Crippen LogP contribution in [0.1, 0.15) is 36.7 Å². The smallest absolute Gasteiger partial charge is 0.199 e. The van der Waals surface area contributed by atoms with Gasteiger partial charge in [0.15, 0.2) is 5.78 Å². The van der Waals surface area contributed by atoms with Crippen LogP contribution >= 0.6 is 0 Å². The zero-order chi connectivity index (χ0) is 12.6. The Morgan fingerprint density at radius 2 is 1.82 bits per heavy atom. The van der Waals surface area contributed by atoms with E-state index in [4.69, 9.17) is 0 Å². The highest BCUT2D eigenvalue weighted by Crippen LogP contribution is 2.31. The lowest BCUT2D eigenvalue weighted by atomic mass is 10.1. The third-order valence-electron chi connectivity index (χ3n) is 2.70. The number of hydrogen-bond donors (Lipinski definition) is 1. The molecule has 1 N–H and O–H groups in total. The van der Waals surface area contributed by atoms with Crippen molar-refractivity contribution in [2.45, 2.75) is 26.8 Å². The molecule has 3 heteroatoms. The van der Waals surface area contributed by atoms with Gasteiger partial charge in [-0.25, -0.2) is 0 Å². The summed E-state index contributed by atoms with van der Waals surface area (Å²) in [6.45, 7) is 5.64. The molecule has 3 nitrogen and oxygen atoms in total. The molecule has 0 aromatic heterocycles. The fourth-order valence-electron chi connectivity index (χ4n) is 2.05. The molecule has 17 heavy (non-hydrogen) atoms. The van der Waals surface area contributed by atoms with Gasteiger partial charge in [-0.05, 0) is 20.8 Å². The van der Waals surface area contributed by atoms with Gasteiger partial charge in [0, 0.05) is 22.9 Å². The largest absolute Gasteiger partial charge is 0.506 e. The average Bonchev–Trinajstić information content (AvgIpc) is 2.51. The van der Waals surface area contributed by atoms with Crippen molar-refractivity contribution >= 4 is 17.3 Å². The second kappa shape index (κ2) is 4.17. The van der Waals surface area contributed by atoms with Crippen LogP contribution in [0.25, 0.3) is 5.76 Å². The van der Waals surface area contributed by atoms with E-state index < -0.39 is 0 Å². The maximum Gasteiger partial charge on any atom is 0.199 e. The van der Waals surface area contributed by atoms with Crippen LogP contribution < -0.4 is 0 Å².